The first-order chi connectivity index (χ1) is 13.6. The van der Waals surface area contributed by atoms with Gasteiger partial charge in [-0.15, -0.1) is 24.0 Å². The normalized spacial score (nSPS) is 12.3. The molecule has 1 aromatic rings. The van der Waals surface area contributed by atoms with Crippen LogP contribution in [0.1, 0.15) is 45.7 Å². The largest absolute Gasteiger partial charge is 0.444 e. The van der Waals surface area contributed by atoms with Gasteiger partial charge in [-0.25, -0.2) is 9.79 Å². The van der Waals surface area contributed by atoms with Crippen LogP contribution in [0.4, 0.5) is 4.79 Å². The van der Waals surface area contributed by atoms with Crippen molar-refractivity contribution in [3.63, 3.8) is 0 Å². The zero-order valence-corrected chi connectivity index (χ0v) is 21.2. The topological polar surface area (TPSA) is 95.1 Å². The minimum absolute atomic E-state index is 0. The number of halogens is 1. The van der Waals surface area contributed by atoms with E-state index in [9.17, 15) is 9.59 Å². The van der Waals surface area contributed by atoms with Crippen LogP contribution in [0.25, 0.3) is 0 Å². The lowest BCUT2D eigenvalue weighted by molar-refractivity contribution is -0.127. The third kappa shape index (κ3) is 12.5. The number of carbonyl (C=O) groups is 2. The van der Waals surface area contributed by atoms with Crippen molar-refractivity contribution < 1.29 is 14.3 Å². The number of ether oxygens (including phenoxy) is 1. The van der Waals surface area contributed by atoms with Gasteiger partial charge in [0.1, 0.15) is 12.1 Å². The Morgan fingerprint density at radius 3 is 2.27 bits per heavy atom. The minimum atomic E-state index is -0.515. The summed E-state index contributed by atoms with van der Waals surface area (Å²) in [6, 6.07) is 10.0. The Hall–Kier alpha value is -2.04. The lowest BCUT2D eigenvalue weighted by atomic mass is 10.1. The number of aliphatic imine (C=N–C) groups is 1. The van der Waals surface area contributed by atoms with Crippen LogP contribution in [0.5, 0.6) is 0 Å². The summed E-state index contributed by atoms with van der Waals surface area (Å²) in [5.41, 5.74) is 0.603. The van der Waals surface area contributed by atoms with Gasteiger partial charge in [-0.1, -0.05) is 30.3 Å². The summed E-state index contributed by atoms with van der Waals surface area (Å²) in [7, 11) is 3.40. The fourth-order valence-corrected chi connectivity index (χ4v) is 2.27. The molecular weight excluding hydrogens is 497 g/mol. The molecule has 0 bridgehead atoms. The van der Waals surface area contributed by atoms with E-state index in [1.54, 1.807) is 14.1 Å². The number of carbonyl (C=O) groups excluding carboxylic acids is 2. The smallest absolute Gasteiger partial charge is 0.407 e. The molecule has 0 aromatic heterocycles. The highest BCUT2D eigenvalue weighted by Gasteiger charge is 2.15. The zero-order chi connectivity index (χ0) is 21.9. The molecule has 0 saturated heterocycles. The van der Waals surface area contributed by atoms with E-state index in [0.717, 1.165) is 5.56 Å². The van der Waals surface area contributed by atoms with Crippen molar-refractivity contribution in [3.05, 3.63) is 35.9 Å². The fraction of sp³-hybridized carbons (Fsp3) is 0.571. The van der Waals surface area contributed by atoms with Crippen molar-refractivity contribution in [2.24, 2.45) is 4.99 Å². The van der Waals surface area contributed by atoms with Crippen LogP contribution in [-0.4, -0.2) is 62.2 Å². The number of amides is 2. The molecule has 0 saturated carbocycles. The molecule has 0 fully saturated rings. The predicted octanol–water partition coefficient (Wildman–Crippen LogP) is 2.90. The Morgan fingerprint density at radius 1 is 1.10 bits per heavy atom. The fourth-order valence-electron chi connectivity index (χ4n) is 2.27. The molecule has 3 N–H and O–H groups in total. The number of hydrogen-bond acceptors (Lipinski definition) is 4. The van der Waals surface area contributed by atoms with Gasteiger partial charge in [0.25, 0.3) is 0 Å². The summed E-state index contributed by atoms with van der Waals surface area (Å²) >= 11 is 0. The molecule has 1 unspecified atom stereocenters. The van der Waals surface area contributed by atoms with Gasteiger partial charge < -0.3 is 25.6 Å². The third-order valence-electron chi connectivity index (χ3n) is 3.84. The lowest BCUT2D eigenvalue weighted by Crippen LogP contribution is -2.41. The Labute approximate surface area is 197 Å². The van der Waals surface area contributed by atoms with Crippen LogP contribution in [0.15, 0.2) is 35.3 Å². The van der Waals surface area contributed by atoms with Gasteiger partial charge in [-0.05, 0) is 39.7 Å². The quantitative estimate of drug-likeness (QED) is 0.207. The van der Waals surface area contributed by atoms with Gasteiger partial charge >= 0.3 is 6.09 Å². The predicted molar refractivity (Wildman–Crippen MR) is 131 cm³/mol. The van der Waals surface area contributed by atoms with Gasteiger partial charge in [0, 0.05) is 27.2 Å². The summed E-state index contributed by atoms with van der Waals surface area (Å²) in [5.74, 6) is 0.471. The molecule has 1 atom stereocenters. The highest BCUT2D eigenvalue weighted by Crippen LogP contribution is 2.10. The average molecular weight is 533 g/mol. The molecule has 0 heterocycles. The van der Waals surface area contributed by atoms with E-state index in [1.807, 2.05) is 58.0 Å². The van der Waals surface area contributed by atoms with Crippen LogP contribution < -0.4 is 16.0 Å². The molecule has 30 heavy (non-hydrogen) atoms. The van der Waals surface area contributed by atoms with Gasteiger partial charge in [-0.2, -0.15) is 0 Å². The summed E-state index contributed by atoms with van der Waals surface area (Å²) in [4.78, 5) is 29.4. The Kier molecular flexibility index (Phi) is 13.1. The van der Waals surface area contributed by atoms with Crippen molar-refractivity contribution in [1.29, 1.82) is 0 Å². The first-order valence-electron chi connectivity index (χ1n) is 9.85. The average Bonchev–Trinajstić information content (AvgIpc) is 2.64. The van der Waals surface area contributed by atoms with Crippen LogP contribution in [-0.2, 0) is 9.53 Å². The Morgan fingerprint density at radius 2 is 1.70 bits per heavy atom. The van der Waals surface area contributed by atoms with Gasteiger partial charge in [0.05, 0.1) is 6.04 Å². The molecule has 0 aliphatic carbocycles. The van der Waals surface area contributed by atoms with Crippen LogP contribution in [0, 0.1) is 0 Å². The molecule has 2 amide bonds. The number of hydrogen-bond donors (Lipinski definition) is 3. The highest BCUT2D eigenvalue weighted by molar-refractivity contribution is 14.0. The zero-order valence-electron chi connectivity index (χ0n) is 18.8. The van der Waals surface area contributed by atoms with Gasteiger partial charge in [-0.3, -0.25) is 4.79 Å². The number of nitrogens with one attached hydrogen (secondary N) is 3. The molecule has 0 radical (unpaired) electrons. The summed E-state index contributed by atoms with van der Waals surface area (Å²) in [5, 5.41) is 9.25. The molecular formula is C21H36IN5O3. The van der Waals surface area contributed by atoms with Crippen molar-refractivity contribution >= 4 is 41.9 Å². The van der Waals surface area contributed by atoms with E-state index in [0.29, 0.717) is 25.5 Å². The van der Waals surface area contributed by atoms with E-state index in [1.165, 1.54) is 4.90 Å². The van der Waals surface area contributed by atoms with Gasteiger partial charge in [0.15, 0.2) is 5.96 Å². The van der Waals surface area contributed by atoms with Gasteiger partial charge in [0.2, 0.25) is 5.91 Å². The molecule has 0 spiro atoms. The second kappa shape index (κ2) is 14.1. The maximum absolute atomic E-state index is 11.9. The molecule has 0 aliphatic rings. The van der Waals surface area contributed by atoms with Crippen LogP contribution in [0.3, 0.4) is 0 Å². The van der Waals surface area contributed by atoms with Crippen LogP contribution >= 0.6 is 24.0 Å². The number of guanidine groups is 1. The Bertz CT molecular complexity index is 675. The minimum Gasteiger partial charge on any atom is -0.444 e. The third-order valence-corrected chi connectivity index (χ3v) is 3.84. The second-order valence-electron chi connectivity index (χ2n) is 7.94. The molecule has 1 rings (SSSR count). The number of benzene rings is 1. The molecule has 1 aromatic carbocycles. The standard InChI is InChI=1S/C21H35N5O3.HI/c1-16(17-11-8-7-9-12-17)25-19(24-15-18(27)26(5)6)22-13-10-14-23-20(28)29-21(2,3)4;/h7-9,11-12,16H,10,13-15H2,1-6H3,(H,23,28)(H2,22,24,25);1H. The highest BCUT2D eigenvalue weighted by atomic mass is 127. The lowest BCUT2D eigenvalue weighted by Gasteiger charge is -2.20. The van der Waals surface area contributed by atoms with Crippen molar-refractivity contribution in [2.75, 3.05) is 33.7 Å². The number of likely N-dealkylation sites (N-methyl/N-ethyl adjacent to an activating group) is 1. The molecule has 0 aliphatic heterocycles. The van der Waals surface area contributed by atoms with E-state index in [2.05, 4.69) is 20.9 Å². The molecule has 8 nitrogen and oxygen atoms in total. The molecule has 9 heteroatoms. The number of nitrogens with zero attached hydrogens (tertiary/aromatic N) is 2. The van der Waals surface area contributed by atoms with Crippen LogP contribution in [0.2, 0.25) is 0 Å². The van der Waals surface area contributed by atoms with E-state index in [-0.39, 0.29) is 42.5 Å². The maximum atomic E-state index is 11.9. The Balaban J connectivity index is 0.00000841. The monoisotopic (exact) mass is 533 g/mol. The maximum Gasteiger partial charge on any atom is 0.407 e. The summed E-state index contributed by atoms with van der Waals surface area (Å²) < 4.78 is 5.21. The van der Waals surface area contributed by atoms with E-state index >= 15 is 0 Å². The number of alkyl carbamates (subject to hydrolysis) is 1. The van der Waals surface area contributed by atoms with E-state index < -0.39 is 11.7 Å². The first kappa shape index (κ1) is 28.0. The first-order valence-corrected chi connectivity index (χ1v) is 9.85. The summed E-state index contributed by atoms with van der Waals surface area (Å²) in [6.07, 6.45) is 0.250. The van der Waals surface area contributed by atoms with Crippen molar-refractivity contribution in [3.8, 4) is 0 Å². The number of rotatable bonds is 8. The molecule has 170 valence electrons. The van der Waals surface area contributed by atoms with Crippen molar-refractivity contribution in [1.82, 2.24) is 20.9 Å². The SMILES string of the molecule is CC(NC(=NCC(=O)N(C)C)NCCCNC(=O)OC(C)(C)C)c1ccccc1.I. The second-order valence-corrected chi connectivity index (χ2v) is 7.94. The van der Waals surface area contributed by atoms with E-state index in [4.69, 9.17) is 4.74 Å². The van der Waals surface area contributed by atoms with Crippen molar-refractivity contribution in [2.45, 2.75) is 45.8 Å². The summed E-state index contributed by atoms with van der Waals surface area (Å²) in [6.45, 7) is 8.62.